The summed E-state index contributed by atoms with van der Waals surface area (Å²) in [5, 5.41) is 0. The Morgan fingerprint density at radius 2 is 0.514 bits per heavy atom. The zero-order valence-electron chi connectivity index (χ0n) is 61.1. The normalized spacial score (nSPS) is 28.8. The van der Waals surface area contributed by atoms with Crippen LogP contribution >= 0.6 is 17.2 Å². The molecule has 5 spiro atoms. The van der Waals surface area contributed by atoms with Crippen molar-refractivity contribution in [3.63, 3.8) is 0 Å². The zero-order valence-corrected chi connectivity index (χ0v) is 68.5. The number of rotatable bonds is 12. The first-order chi connectivity index (χ1) is 52.1. The molecule has 0 nitrogen and oxygen atoms in total. The molecule has 8 aromatic rings. The van der Waals surface area contributed by atoms with Crippen molar-refractivity contribution in [1.82, 2.24) is 0 Å². The van der Waals surface area contributed by atoms with E-state index in [2.05, 4.69) is 162 Å². The molecule has 8 aromatic carbocycles. The molecule has 8 aliphatic carbocycles. The molecular weight excluding hydrogens is 1560 g/mol. The molecular formula is C98H84Cl2F4HfSi2. The third kappa shape index (κ3) is 8.23. The van der Waals surface area contributed by atoms with E-state index in [0.29, 0.717) is 70.2 Å². The monoisotopic (exact) mass is 1640 g/mol. The van der Waals surface area contributed by atoms with Gasteiger partial charge in [0.25, 0.3) is 0 Å². The van der Waals surface area contributed by atoms with Crippen molar-refractivity contribution in [2.45, 2.75) is 101 Å². The fourth-order valence-electron chi connectivity index (χ4n) is 24.9. The van der Waals surface area contributed by atoms with Crippen LogP contribution in [0, 0.1) is 23.3 Å². The summed E-state index contributed by atoms with van der Waals surface area (Å²) < 4.78 is 70.3. The van der Waals surface area contributed by atoms with Crippen LogP contribution < -0.4 is 0 Å². The van der Waals surface area contributed by atoms with E-state index in [9.17, 15) is 17.2 Å². The minimum atomic E-state index is -8.56. The number of hydrogen-bond acceptors (Lipinski definition) is 0. The molecule has 10 aliphatic rings. The molecule has 2 aliphatic heterocycles. The third-order valence-corrected chi connectivity index (χ3v) is 144. The Bertz CT molecular complexity index is 5010. The Hall–Kier alpha value is -8.80. The van der Waals surface area contributed by atoms with E-state index in [1.54, 1.807) is 0 Å². The average Bonchev–Trinajstić information content (AvgIpc) is 1.52. The van der Waals surface area contributed by atoms with Crippen molar-refractivity contribution in [2.75, 3.05) is 0 Å². The van der Waals surface area contributed by atoms with Crippen molar-refractivity contribution in [1.29, 1.82) is 0 Å². The Balaban J connectivity index is 1.03. The standard InChI is InChI=1S/2C49H42F2Si.2ClH.Hf/c2*1-4-32-30-44-38(40-28-16-26-36(46(40)50)34-18-8-6-9-19-34)22-12-14-24-42(44)48(32)52(3)49-33(5-2)31-45-39(23-13-15-25-43(45)49)41-29-17-27-37(47(41)51)35-20-10-7-11-21-35;;;/h2*6-31,38-39,52H,4-5H2,1-3H3;2*1H;/q;;;;+2/p-2. The molecule has 9 heteroatoms. The molecule has 0 amide bonds. The van der Waals surface area contributed by atoms with Gasteiger partial charge < -0.3 is 0 Å². The summed E-state index contributed by atoms with van der Waals surface area (Å²) in [5.74, 6) is -3.48. The Morgan fingerprint density at radius 3 is 0.720 bits per heavy atom. The summed E-state index contributed by atoms with van der Waals surface area (Å²) in [4.78, 5) is 0. The van der Waals surface area contributed by atoms with E-state index < -0.39 is 67.1 Å². The number of fused-ring (bicyclic) bond motifs is 8. The van der Waals surface area contributed by atoms with Crippen LogP contribution in [0.25, 0.3) is 44.5 Å². The van der Waals surface area contributed by atoms with E-state index in [0.717, 1.165) is 66.8 Å². The van der Waals surface area contributed by atoms with Crippen molar-refractivity contribution in [3.8, 4) is 44.5 Å². The molecule has 0 radical (unpaired) electrons. The Kier molecular flexibility index (Phi) is 16.6. The topological polar surface area (TPSA) is 0 Å². The quantitative estimate of drug-likeness (QED) is 0.0845. The van der Waals surface area contributed by atoms with E-state index in [1.807, 2.05) is 194 Å². The molecule has 2 fully saturated rings. The second-order valence-corrected chi connectivity index (χ2v) is 85.4. The predicted octanol–water partition coefficient (Wildman–Crippen LogP) is 27.5. The third-order valence-electron chi connectivity index (χ3n) is 27.8. The zero-order chi connectivity index (χ0) is 73.6. The molecule has 8 atom stereocenters. The van der Waals surface area contributed by atoms with Gasteiger partial charge in [-0.3, -0.25) is 0 Å². The Morgan fingerprint density at radius 1 is 0.299 bits per heavy atom. The van der Waals surface area contributed by atoms with Gasteiger partial charge in [0.1, 0.15) is 0 Å². The van der Waals surface area contributed by atoms with Gasteiger partial charge in [0.15, 0.2) is 0 Å². The van der Waals surface area contributed by atoms with E-state index in [-0.39, 0.29) is 23.3 Å². The van der Waals surface area contributed by atoms with Crippen molar-refractivity contribution >= 4 is 34.7 Å². The van der Waals surface area contributed by atoms with E-state index in [1.165, 1.54) is 22.3 Å². The summed E-state index contributed by atoms with van der Waals surface area (Å²) in [7, 11) is 17.5. The van der Waals surface area contributed by atoms with Crippen LogP contribution in [-0.4, -0.2) is 17.6 Å². The molecule has 8 unspecified atom stereocenters. The van der Waals surface area contributed by atoms with Crippen LogP contribution in [0.4, 0.5) is 17.6 Å². The SMILES string of the molecule is CCC1=CC2=C(C=CC=CC2c2cccc(-c3ccccc3)c2F)[C]12[SiH](C)[C]1(C(CC)=CC3=C1C=CC=CC3c1cccc(-c3ccccc3)c1F)[Hf]21([Cl])([Cl])[C]2(C(CC)=CC3=C2C=CC=CC3c2cccc(-c3ccccc3)c2F)[SiH](C)[C]12C(CC)=CC1=C2C=CC=CC1c1cccc(-c2ccccc2)c1F. The van der Waals surface area contributed by atoms with Gasteiger partial charge in [0.05, 0.1) is 0 Å². The first kappa shape index (κ1) is 69.9. The molecule has 0 saturated carbocycles. The molecule has 0 bridgehead atoms. The maximum atomic E-state index is 18.7. The molecule has 2 heterocycles. The van der Waals surface area contributed by atoms with E-state index in [4.69, 9.17) is 0 Å². The van der Waals surface area contributed by atoms with Crippen LogP contribution in [0.2, 0.25) is 24.3 Å². The van der Waals surface area contributed by atoms with Gasteiger partial charge in [-0.25, -0.2) is 0 Å². The summed E-state index contributed by atoms with van der Waals surface area (Å²) >= 11 is -8.56. The molecule has 0 aromatic heterocycles. The molecule has 107 heavy (non-hydrogen) atoms. The van der Waals surface area contributed by atoms with Crippen LogP contribution in [-0.2, 0) is 14.7 Å². The van der Waals surface area contributed by atoms with Gasteiger partial charge in [-0.1, -0.05) is 0 Å². The fourth-order valence-corrected chi connectivity index (χ4v) is 195. The summed E-state index contributed by atoms with van der Waals surface area (Å²) in [5.41, 5.74) is 20.5. The number of benzene rings is 8. The molecule has 530 valence electrons. The van der Waals surface area contributed by atoms with Crippen LogP contribution in [0.15, 0.2) is 383 Å². The summed E-state index contributed by atoms with van der Waals surface area (Å²) in [6, 6.07) is 62.8. The minimum absolute atomic E-state index is 0.283. The first-order valence-corrected chi connectivity index (χ1v) is 59.1. The summed E-state index contributed by atoms with van der Waals surface area (Å²) in [6.07, 6.45) is 47.6. The van der Waals surface area contributed by atoms with Gasteiger partial charge in [-0.05, 0) is 0 Å². The summed E-state index contributed by atoms with van der Waals surface area (Å²) in [6.45, 7) is 14.4. The van der Waals surface area contributed by atoms with Crippen LogP contribution in [0.3, 0.4) is 0 Å². The van der Waals surface area contributed by atoms with E-state index >= 15 is 17.6 Å². The predicted molar refractivity (Wildman–Crippen MR) is 442 cm³/mol. The second-order valence-electron chi connectivity index (χ2n) is 31.0. The van der Waals surface area contributed by atoms with Gasteiger partial charge in [0, 0.05) is 0 Å². The Labute approximate surface area is 635 Å². The molecule has 18 rings (SSSR count). The number of hydrogen-bond donors (Lipinski definition) is 0. The van der Waals surface area contributed by atoms with Gasteiger partial charge in [-0.2, -0.15) is 0 Å². The maximum absolute atomic E-state index is 18.7. The average molecular weight is 1640 g/mol. The van der Waals surface area contributed by atoms with Crippen LogP contribution in [0.1, 0.15) is 99.3 Å². The number of allylic oxidation sites excluding steroid dienone is 32. The van der Waals surface area contributed by atoms with Gasteiger partial charge >= 0.3 is 641 Å². The molecule has 2 saturated heterocycles. The van der Waals surface area contributed by atoms with Crippen molar-refractivity contribution < 1.29 is 32.2 Å². The van der Waals surface area contributed by atoms with Crippen molar-refractivity contribution in [2.24, 2.45) is 0 Å². The molecule has 0 N–H and O–H groups in total. The van der Waals surface area contributed by atoms with Crippen LogP contribution in [0.5, 0.6) is 0 Å². The second kappa shape index (κ2) is 25.4. The number of halogens is 6. The van der Waals surface area contributed by atoms with Gasteiger partial charge in [0.2, 0.25) is 0 Å². The van der Waals surface area contributed by atoms with Crippen molar-refractivity contribution in [3.05, 3.63) is 428 Å². The fraction of sp³-hybridized carbons (Fsp3) is 0.184. The van der Waals surface area contributed by atoms with Gasteiger partial charge in [-0.15, -0.1) is 0 Å². The first-order valence-electron chi connectivity index (χ1n) is 38.4.